The molecule has 0 saturated heterocycles. The average Bonchev–Trinajstić information content (AvgIpc) is 3.17. The van der Waals surface area contributed by atoms with Gasteiger partial charge < -0.3 is 20.8 Å². The molecule has 0 aliphatic carbocycles. The van der Waals surface area contributed by atoms with Crippen LogP contribution in [-0.2, 0) is 17.6 Å². The van der Waals surface area contributed by atoms with E-state index in [0.29, 0.717) is 12.8 Å². The fourth-order valence-electron chi connectivity index (χ4n) is 3.42. The summed E-state index contributed by atoms with van der Waals surface area (Å²) in [6.45, 7) is 0. The van der Waals surface area contributed by atoms with Gasteiger partial charge in [0.05, 0.1) is 0 Å². The minimum atomic E-state index is -0.983. The second-order valence-electron chi connectivity index (χ2n) is 6.31. The topological polar surface area (TPSA) is 94.9 Å². The summed E-state index contributed by atoms with van der Waals surface area (Å²) in [7, 11) is 0. The number of aromatic amines is 2. The van der Waals surface area contributed by atoms with E-state index < -0.39 is 12.0 Å². The molecule has 1 atom stereocenters. The molecule has 2 aromatic carbocycles. The number of nitrogens with two attached hydrogens (primary N) is 1. The first-order valence-corrected chi connectivity index (χ1v) is 8.25. The van der Waals surface area contributed by atoms with E-state index in [1.165, 1.54) is 10.9 Å². The molecule has 0 fully saturated rings. The molecule has 0 aliphatic heterocycles. The maximum atomic E-state index is 11.2. The number of nitrogens with one attached hydrogen (secondary N) is 2. The van der Waals surface area contributed by atoms with Crippen LogP contribution in [0.25, 0.3) is 21.8 Å². The van der Waals surface area contributed by atoms with Crippen molar-refractivity contribution in [2.75, 3.05) is 0 Å². The zero-order valence-corrected chi connectivity index (χ0v) is 13.6. The third kappa shape index (κ3) is 2.79. The number of benzene rings is 2. The van der Waals surface area contributed by atoms with E-state index in [4.69, 9.17) is 5.73 Å². The van der Waals surface area contributed by atoms with Crippen LogP contribution in [0.3, 0.4) is 0 Å². The van der Waals surface area contributed by atoms with Crippen LogP contribution in [0.4, 0.5) is 0 Å². The minimum Gasteiger partial charge on any atom is -0.480 e. The molecule has 1 unspecified atom stereocenters. The van der Waals surface area contributed by atoms with Crippen molar-refractivity contribution in [1.29, 1.82) is 0 Å². The van der Waals surface area contributed by atoms with E-state index in [-0.39, 0.29) is 0 Å². The highest BCUT2D eigenvalue weighted by molar-refractivity contribution is 5.87. The maximum absolute atomic E-state index is 11.2. The summed E-state index contributed by atoms with van der Waals surface area (Å²) in [6.07, 6.45) is 3.01. The van der Waals surface area contributed by atoms with E-state index >= 15 is 0 Å². The summed E-state index contributed by atoms with van der Waals surface area (Å²) in [5.41, 5.74) is 11.1. The predicted molar refractivity (Wildman–Crippen MR) is 98.7 cm³/mol. The van der Waals surface area contributed by atoms with E-state index in [0.717, 1.165) is 27.7 Å². The molecule has 2 heterocycles. The van der Waals surface area contributed by atoms with Crippen molar-refractivity contribution in [2.24, 2.45) is 5.73 Å². The molecule has 0 bridgehead atoms. The summed E-state index contributed by atoms with van der Waals surface area (Å²) >= 11 is 0. The molecule has 4 aromatic rings. The van der Waals surface area contributed by atoms with Gasteiger partial charge in [-0.3, -0.25) is 4.79 Å². The van der Waals surface area contributed by atoms with Crippen molar-refractivity contribution < 1.29 is 9.90 Å². The fraction of sp³-hybridized carbons (Fsp3) is 0.150. The van der Waals surface area contributed by atoms with E-state index in [1.807, 2.05) is 48.7 Å². The third-order valence-electron chi connectivity index (χ3n) is 4.69. The third-order valence-corrected chi connectivity index (χ3v) is 4.69. The number of aromatic nitrogens is 2. The number of carboxylic acid groups (broad SMARTS) is 1. The van der Waals surface area contributed by atoms with Crippen molar-refractivity contribution in [3.8, 4) is 0 Å². The van der Waals surface area contributed by atoms with Gasteiger partial charge in [0, 0.05) is 46.5 Å². The number of rotatable bonds is 5. The number of carboxylic acids is 1. The van der Waals surface area contributed by atoms with E-state index in [2.05, 4.69) is 16.0 Å². The van der Waals surface area contributed by atoms with Gasteiger partial charge in [-0.25, -0.2) is 0 Å². The fourth-order valence-corrected chi connectivity index (χ4v) is 3.42. The van der Waals surface area contributed by atoms with Gasteiger partial charge in [-0.2, -0.15) is 0 Å². The van der Waals surface area contributed by atoms with Crippen molar-refractivity contribution in [2.45, 2.75) is 18.9 Å². The lowest BCUT2D eigenvalue weighted by atomic mass is 9.99. The smallest absolute Gasteiger partial charge is 0.320 e. The molecule has 5 N–H and O–H groups in total. The largest absolute Gasteiger partial charge is 0.480 e. The SMILES string of the molecule is NC(Cc1c(Cc2c[nH]c3ccccc23)[nH]c2ccccc12)C(=O)O. The molecule has 126 valence electrons. The second kappa shape index (κ2) is 6.11. The Morgan fingerprint density at radius 1 is 1.04 bits per heavy atom. The van der Waals surface area contributed by atoms with Gasteiger partial charge in [-0.1, -0.05) is 36.4 Å². The Morgan fingerprint density at radius 3 is 2.48 bits per heavy atom. The lowest BCUT2D eigenvalue weighted by molar-refractivity contribution is -0.138. The van der Waals surface area contributed by atoms with Gasteiger partial charge in [0.15, 0.2) is 0 Å². The zero-order chi connectivity index (χ0) is 17.4. The Labute approximate surface area is 144 Å². The summed E-state index contributed by atoms with van der Waals surface area (Å²) < 4.78 is 0. The molecule has 25 heavy (non-hydrogen) atoms. The molecule has 0 aliphatic rings. The first kappa shape index (κ1) is 15.5. The molecule has 0 amide bonds. The minimum absolute atomic E-state index is 0.303. The molecule has 0 radical (unpaired) electrons. The Morgan fingerprint density at radius 2 is 1.72 bits per heavy atom. The Bertz CT molecular complexity index is 1060. The number of hydrogen-bond acceptors (Lipinski definition) is 2. The number of carbonyl (C=O) groups is 1. The van der Waals surface area contributed by atoms with Gasteiger partial charge in [0.2, 0.25) is 0 Å². The molecule has 5 heteroatoms. The van der Waals surface area contributed by atoms with Crippen LogP contribution in [0.2, 0.25) is 0 Å². The highest BCUT2D eigenvalue weighted by Gasteiger charge is 2.19. The first-order chi connectivity index (χ1) is 12.1. The standard InChI is InChI=1S/C20H19N3O2/c21-16(20(24)25)10-15-14-6-2-4-8-18(14)23-19(15)9-12-11-22-17-7-3-1-5-13(12)17/h1-8,11,16,22-23H,9-10,21H2,(H,24,25). The van der Waals surface area contributed by atoms with Gasteiger partial charge in [0.25, 0.3) is 0 Å². The zero-order valence-electron chi connectivity index (χ0n) is 13.6. The van der Waals surface area contributed by atoms with Crippen LogP contribution in [0.5, 0.6) is 0 Å². The van der Waals surface area contributed by atoms with E-state index in [9.17, 15) is 9.90 Å². The number of para-hydroxylation sites is 2. The summed E-state index contributed by atoms with van der Waals surface area (Å²) in [4.78, 5) is 18.0. The Hall–Kier alpha value is -3.05. The van der Waals surface area contributed by atoms with Gasteiger partial charge in [-0.15, -0.1) is 0 Å². The Balaban J connectivity index is 1.79. The molecular formula is C20H19N3O2. The monoisotopic (exact) mass is 333 g/mol. The molecule has 0 spiro atoms. The van der Waals surface area contributed by atoms with Crippen LogP contribution in [0.1, 0.15) is 16.8 Å². The summed E-state index contributed by atoms with van der Waals surface area (Å²) in [6, 6.07) is 15.2. The predicted octanol–water partition coefficient (Wildman–Crippen LogP) is 3.19. The summed E-state index contributed by atoms with van der Waals surface area (Å²) in [5.74, 6) is -0.983. The number of H-pyrrole nitrogens is 2. The van der Waals surface area contributed by atoms with Gasteiger partial charge in [0.1, 0.15) is 6.04 Å². The lowest BCUT2D eigenvalue weighted by Crippen LogP contribution is -2.32. The quantitative estimate of drug-likeness (QED) is 0.452. The maximum Gasteiger partial charge on any atom is 0.320 e. The molecule has 4 rings (SSSR count). The summed E-state index contributed by atoms with van der Waals surface area (Å²) in [5, 5.41) is 11.4. The van der Waals surface area contributed by atoms with Crippen molar-refractivity contribution in [3.63, 3.8) is 0 Å². The Kier molecular flexibility index (Phi) is 3.78. The van der Waals surface area contributed by atoms with Crippen LogP contribution in [0, 0.1) is 0 Å². The van der Waals surface area contributed by atoms with Crippen LogP contribution >= 0.6 is 0 Å². The first-order valence-electron chi connectivity index (χ1n) is 8.25. The van der Waals surface area contributed by atoms with Crippen molar-refractivity contribution in [3.05, 3.63) is 71.5 Å². The van der Waals surface area contributed by atoms with E-state index in [1.54, 1.807) is 0 Å². The van der Waals surface area contributed by atoms with Crippen LogP contribution in [0.15, 0.2) is 54.7 Å². The van der Waals surface area contributed by atoms with Crippen LogP contribution in [-0.4, -0.2) is 27.1 Å². The highest BCUT2D eigenvalue weighted by atomic mass is 16.4. The number of fused-ring (bicyclic) bond motifs is 2. The number of hydrogen-bond donors (Lipinski definition) is 4. The highest BCUT2D eigenvalue weighted by Crippen LogP contribution is 2.28. The molecule has 5 nitrogen and oxygen atoms in total. The van der Waals surface area contributed by atoms with Gasteiger partial charge in [-0.05, 0) is 23.3 Å². The van der Waals surface area contributed by atoms with Crippen LogP contribution < -0.4 is 5.73 Å². The lowest BCUT2D eigenvalue weighted by Gasteiger charge is -2.08. The van der Waals surface area contributed by atoms with Crippen molar-refractivity contribution >= 4 is 27.8 Å². The molecule has 2 aromatic heterocycles. The molecular weight excluding hydrogens is 314 g/mol. The number of aliphatic carboxylic acids is 1. The normalized spacial score (nSPS) is 12.7. The van der Waals surface area contributed by atoms with Crippen molar-refractivity contribution in [1.82, 2.24) is 9.97 Å². The second-order valence-corrected chi connectivity index (χ2v) is 6.31. The van der Waals surface area contributed by atoms with Gasteiger partial charge >= 0.3 is 5.97 Å². The molecule has 0 saturated carbocycles. The average molecular weight is 333 g/mol.